The van der Waals surface area contributed by atoms with E-state index in [1.54, 1.807) is 12.1 Å². The Bertz CT molecular complexity index is 487. The van der Waals surface area contributed by atoms with Crippen LogP contribution in [0.2, 0.25) is 0 Å². The van der Waals surface area contributed by atoms with Crippen molar-refractivity contribution < 1.29 is 10.2 Å². The molecule has 0 saturated carbocycles. The standard InChI is InChI=1S/C20H33NO2/c1-3-4-5-6-7-8-9-10-15(2)20-17-14-19(23)18(22)13-16(17)11-12-21-20/h13-15,20-23H,3-12H2,1-2H3/t15-,20+/m1/s1. The molecule has 0 unspecified atom stereocenters. The fourth-order valence-corrected chi connectivity index (χ4v) is 3.71. The van der Waals surface area contributed by atoms with Gasteiger partial charge >= 0.3 is 0 Å². The number of phenolic OH excluding ortho intramolecular Hbond substituents is 2. The van der Waals surface area contributed by atoms with Crippen LogP contribution in [0.25, 0.3) is 0 Å². The molecule has 1 heterocycles. The Morgan fingerprint density at radius 3 is 2.43 bits per heavy atom. The lowest BCUT2D eigenvalue weighted by atomic mass is 9.84. The summed E-state index contributed by atoms with van der Waals surface area (Å²) >= 11 is 0. The van der Waals surface area contributed by atoms with E-state index in [1.165, 1.54) is 62.5 Å². The maximum atomic E-state index is 9.81. The number of unbranched alkanes of at least 4 members (excludes halogenated alkanes) is 6. The second-order valence-corrected chi connectivity index (χ2v) is 7.11. The number of aromatic hydroxyl groups is 2. The van der Waals surface area contributed by atoms with Crippen molar-refractivity contribution >= 4 is 0 Å². The molecule has 0 fully saturated rings. The van der Waals surface area contributed by atoms with Crippen LogP contribution in [0.4, 0.5) is 0 Å². The molecule has 1 aliphatic heterocycles. The van der Waals surface area contributed by atoms with E-state index in [-0.39, 0.29) is 11.5 Å². The molecular weight excluding hydrogens is 286 g/mol. The van der Waals surface area contributed by atoms with E-state index in [2.05, 4.69) is 19.2 Å². The molecule has 23 heavy (non-hydrogen) atoms. The Balaban J connectivity index is 1.82. The van der Waals surface area contributed by atoms with E-state index in [1.807, 2.05) is 0 Å². The van der Waals surface area contributed by atoms with Crippen molar-refractivity contribution in [2.24, 2.45) is 5.92 Å². The van der Waals surface area contributed by atoms with Crippen molar-refractivity contribution in [1.82, 2.24) is 5.32 Å². The quantitative estimate of drug-likeness (QED) is 0.440. The van der Waals surface area contributed by atoms with Gasteiger partial charge in [0.15, 0.2) is 11.5 Å². The van der Waals surface area contributed by atoms with Crippen molar-refractivity contribution in [3.05, 3.63) is 23.3 Å². The first-order valence-corrected chi connectivity index (χ1v) is 9.41. The average molecular weight is 319 g/mol. The van der Waals surface area contributed by atoms with Crippen LogP contribution in [0.5, 0.6) is 11.5 Å². The van der Waals surface area contributed by atoms with E-state index in [4.69, 9.17) is 0 Å². The molecule has 0 spiro atoms. The molecule has 130 valence electrons. The minimum atomic E-state index is 0.000532. The summed E-state index contributed by atoms with van der Waals surface area (Å²) in [5, 5.41) is 23.1. The van der Waals surface area contributed by atoms with E-state index >= 15 is 0 Å². The number of fused-ring (bicyclic) bond motifs is 1. The van der Waals surface area contributed by atoms with E-state index in [0.29, 0.717) is 12.0 Å². The third-order valence-corrected chi connectivity index (χ3v) is 5.16. The van der Waals surface area contributed by atoms with Crippen molar-refractivity contribution in [3.8, 4) is 11.5 Å². The van der Waals surface area contributed by atoms with Crippen molar-refractivity contribution in [2.45, 2.75) is 77.7 Å². The number of benzene rings is 1. The molecule has 3 N–H and O–H groups in total. The SMILES string of the molecule is CCCCCCCCC[C@@H](C)[C@@H]1NCCc2cc(O)c(O)cc21. The van der Waals surface area contributed by atoms with Crippen molar-refractivity contribution in [2.75, 3.05) is 6.54 Å². The third kappa shape index (κ3) is 5.13. The van der Waals surface area contributed by atoms with Gasteiger partial charge in [0.2, 0.25) is 0 Å². The fourth-order valence-electron chi connectivity index (χ4n) is 3.71. The first-order valence-electron chi connectivity index (χ1n) is 9.41. The maximum absolute atomic E-state index is 9.81. The number of hydrogen-bond acceptors (Lipinski definition) is 3. The molecule has 2 rings (SSSR count). The predicted octanol–water partition coefficient (Wildman–Crippen LogP) is 5.06. The molecule has 2 atom stereocenters. The summed E-state index contributed by atoms with van der Waals surface area (Å²) < 4.78 is 0. The Morgan fingerprint density at radius 1 is 1.04 bits per heavy atom. The van der Waals surface area contributed by atoms with E-state index in [0.717, 1.165) is 13.0 Å². The second-order valence-electron chi connectivity index (χ2n) is 7.11. The summed E-state index contributed by atoms with van der Waals surface area (Å²) in [6.45, 7) is 5.51. The lowest BCUT2D eigenvalue weighted by molar-refractivity contribution is 0.337. The third-order valence-electron chi connectivity index (χ3n) is 5.16. The second kappa shape index (κ2) is 9.17. The molecule has 0 aliphatic carbocycles. The smallest absolute Gasteiger partial charge is 0.157 e. The molecule has 0 saturated heterocycles. The van der Waals surface area contributed by atoms with Crippen LogP contribution < -0.4 is 5.32 Å². The monoisotopic (exact) mass is 319 g/mol. The average Bonchev–Trinajstić information content (AvgIpc) is 2.54. The van der Waals surface area contributed by atoms with Crippen LogP contribution in [0.15, 0.2) is 12.1 Å². The van der Waals surface area contributed by atoms with Crippen LogP contribution in [0.1, 0.15) is 82.4 Å². The minimum Gasteiger partial charge on any atom is -0.504 e. The van der Waals surface area contributed by atoms with Gasteiger partial charge in [-0.3, -0.25) is 0 Å². The number of phenols is 2. The molecular formula is C20H33NO2. The highest BCUT2D eigenvalue weighted by Crippen LogP contribution is 2.37. The number of rotatable bonds is 9. The van der Waals surface area contributed by atoms with Gasteiger partial charge in [0.25, 0.3) is 0 Å². The highest BCUT2D eigenvalue weighted by atomic mass is 16.3. The van der Waals surface area contributed by atoms with Crippen molar-refractivity contribution in [3.63, 3.8) is 0 Å². The normalized spacial score (nSPS) is 18.6. The maximum Gasteiger partial charge on any atom is 0.157 e. The summed E-state index contributed by atoms with van der Waals surface area (Å²) in [7, 11) is 0. The summed E-state index contributed by atoms with van der Waals surface area (Å²) in [6.07, 6.45) is 11.5. The van der Waals surface area contributed by atoms with Gasteiger partial charge in [0.05, 0.1) is 0 Å². The van der Waals surface area contributed by atoms with Gasteiger partial charge in [-0.2, -0.15) is 0 Å². The molecule has 3 heteroatoms. The highest BCUT2D eigenvalue weighted by Gasteiger charge is 2.25. The van der Waals surface area contributed by atoms with Gasteiger partial charge in [-0.25, -0.2) is 0 Å². The molecule has 1 aromatic rings. The summed E-state index contributed by atoms with van der Waals surface area (Å²) in [6, 6.07) is 3.78. The molecule has 1 aromatic carbocycles. The molecule has 1 aliphatic rings. The zero-order chi connectivity index (χ0) is 16.7. The van der Waals surface area contributed by atoms with Crippen LogP contribution in [-0.2, 0) is 6.42 Å². The fraction of sp³-hybridized carbons (Fsp3) is 0.700. The van der Waals surface area contributed by atoms with E-state index < -0.39 is 0 Å². The Kier molecular flexibility index (Phi) is 7.22. The van der Waals surface area contributed by atoms with Gasteiger partial charge < -0.3 is 15.5 Å². The lowest BCUT2D eigenvalue weighted by Crippen LogP contribution is -2.33. The molecule has 0 amide bonds. The number of hydrogen-bond donors (Lipinski definition) is 3. The molecule has 0 bridgehead atoms. The van der Waals surface area contributed by atoms with Gasteiger partial charge in [-0.15, -0.1) is 0 Å². The predicted molar refractivity (Wildman–Crippen MR) is 96.0 cm³/mol. The number of nitrogens with one attached hydrogen (secondary N) is 1. The van der Waals surface area contributed by atoms with Crippen molar-refractivity contribution in [1.29, 1.82) is 0 Å². The van der Waals surface area contributed by atoms with Crippen LogP contribution in [-0.4, -0.2) is 16.8 Å². The van der Waals surface area contributed by atoms with Gasteiger partial charge in [0.1, 0.15) is 0 Å². The minimum absolute atomic E-state index is 0.000532. The summed E-state index contributed by atoms with van der Waals surface area (Å²) in [4.78, 5) is 0. The molecule has 0 radical (unpaired) electrons. The van der Waals surface area contributed by atoms with Gasteiger partial charge in [0, 0.05) is 6.04 Å². The highest BCUT2D eigenvalue weighted by molar-refractivity contribution is 5.47. The Hall–Kier alpha value is -1.22. The van der Waals surface area contributed by atoms with Crippen LogP contribution in [0.3, 0.4) is 0 Å². The van der Waals surface area contributed by atoms with Gasteiger partial charge in [-0.1, -0.05) is 58.8 Å². The first-order chi connectivity index (χ1) is 11.1. The van der Waals surface area contributed by atoms with Crippen LogP contribution >= 0.6 is 0 Å². The molecule has 0 aromatic heterocycles. The summed E-state index contributed by atoms with van der Waals surface area (Å²) in [5.74, 6) is 0.554. The largest absolute Gasteiger partial charge is 0.504 e. The summed E-state index contributed by atoms with van der Waals surface area (Å²) in [5.41, 5.74) is 2.34. The lowest BCUT2D eigenvalue weighted by Gasteiger charge is -2.32. The Labute approximate surface area is 141 Å². The topological polar surface area (TPSA) is 52.5 Å². The zero-order valence-corrected chi connectivity index (χ0v) is 14.8. The zero-order valence-electron chi connectivity index (χ0n) is 14.8. The molecule has 3 nitrogen and oxygen atoms in total. The first kappa shape index (κ1) is 18.1. The Morgan fingerprint density at radius 2 is 1.70 bits per heavy atom. The van der Waals surface area contributed by atoms with Gasteiger partial charge in [-0.05, 0) is 48.6 Å². The van der Waals surface area contributed by atoms with E-state index in [9.17, 15) is 10.2 Å². The van der Waals surface area contributed by atoms with Crippen LogP contribution in [0, 0.1) is 5.92 Å².